The smallest absolute Gasteiger partial charge is 0.326 e. The van der Waals surface area contributed by atoms with Gasteiger partial charge in [-0.2, -0.15) is 0 Å². The van der Waals surface area contributed by atoms with E-state index in [2.05, 4.69) is 10.3 Å². The molecule has 1 rings (SSSR count). The summed E-state index contributed by atoms with van der Waals surface area (Å²) in [5, 5.41) is 12.8. The van der Waals surface area contributed by atoms with Crippen LogP contribution in [-0.2, 0) is 4.79 Å². The van der Waals surface area contributed by atoms with Crippen molar-refractivity contribution >= 4 is 22.3 Å². The average molecular weight is 214 g/mol. The maximum atomic E-state index is 11.0. The third-order valence-electron chi connectivity index (χ3n) is 1.83. The molecule has 0 amide bonds. The number of carbonyl (C=O) groups is 1. The summed E-state index contributed by atoms with van der Waals surface area (Å²) in [7, 11) is 0. The van der Waals surface area contributed by atoms with Gasteiger partial charge in [0.1, 0.15) is 11.0 Å². The van der Waals surface area contributed by atoms with E-state index in [0.717, 1.165) is 5.00 Å². The lowest BCUT2D eigenvalue weighted by atomic mass is 9.87. The van der Waals surface area contributed by atoms with Crippen LogP contribution in [0.5, 0.6) is 0 Å². The summed E-state index contributed by atoms with van der Waals surface area (Å²) in [4.78, 5) is 14.9. The minimum atomic E-state index is -0.842. The summed E-state index contributed by atoms with van der Waals surface area (Å²) in [6, 6.07) is -0.594. The zero-order valence-electron chi connectivity index (χ0n) is 8.44. The molecule has 0 aliphatic rings. The number of aromatic nitrogens is 1. The Morgan fingerprint density at radius 2 is 2.29 bits per heavy atom. The van der Waals surface area contributed by atoms with Crippen molar-refractivity contribution < 1.29 is 9.90 Å². The van der Waals surface area contributed by atoms with Crippen molar-refractivity contribution in [3.63, 3.8) is 0 Å². The number of hydrogen-bond donors (Lipinski definition) is 2. The Hall–Kier alpha value is -1.10. The first-order chi connectivity index (χ1) is 6.41. The highest BCUT2D eigenvalue weighted by molar-refractivity contribution is 7.13. The molecule has 0 fully saturated rings. The van der Waals surface area contributed by atoms with E-state index < -0.39 is 12.0 Å². The first kappa shape index (κ1) is 11.0. The van der Waals surface area contributed by atoms with Crippen LogP contribution in [0.2, 0.25) is 0 Å². The van der Waals surface area contributed by atoms with E-state index in [1.165, 1.54) is 11.3 Å². The molecule has 0 aromatic carbocycles. The molecule has 5 heteroatoms. The summed E-state index contributed by atoms with van der Waals surface area (Å²) < 4.78 is 0. The minimum Gasteiger partial charge on any atom is -0.480 e. The molecule has 1 heterocycles. The number of nitrogens with one attached hydrogen (secondary N) is 1. The maximum absolute atomic E-state index is 11.0. The Balaban J connectivity index is 2.76. The number of aliphatic carboxylic acids is 1. The molecular formula is C9H14N2O2S. The molecule has 4 nitrogen and oxygen atoms in total. The van der Waals surface area contributed by atoms with Crippen LogP contribution in [0.3, 0.4) is 0 Å². The second kappa shape index (κ2) is 3.96. The number of carboxylic acid groups (broad SMARTS) is 1. The van der Waals surface area contributed by atoms with Gasteiger partial charge in [0.25, 0.3) is 0 Å². The fourth-order valence-electron chi connectivity index (χ4n) is 1.08. The van der Waals surface area contributed by atoms with Gasteiger partial charge < -0.3 is 10.4 Å². The molecule has 0 spiro atoms. The second-order valence-corrected chi connectivity index (χ2v) is 5.03. The normalized spacial score (nSPS) is 13.6. The molecule has 0 radical (unpaired) electrons. The van der Waals surface area contributed by atoms with Crippen molar-refractivity contribution in [2.24, 2.45) is 5.41 Å². The number of hydrogen-bond acceptors (Lipinski definition) is 4. The monoisotopic (exact) mass is 214 g/mol. The van der Waals surface area contributed by atoms with Crippen molar-refractivity contribution in [2.45, 2.75) is 26.8 Å². The van der Waals surface area contributed by atoms with Gasteiger partial charge in [-0.25, -0.2) is 4.79 Å². The quantitative estimate of drug-likeness (QED) is 0.808. The van der Waals surface area contributed by atoms with Crippen LogP contribution in [0.15, 0.2) is 11.7 Å². The molecule has 0 unspecified atom stereocenters. The molecule has 0 bridgehead atoms. The Morgan fingerprint density at radius 1 is 1.64 bits per heavy atom. The average Bonchev–Trinajstić information content (AvgIpc) is 2.48. The van der Waals surface area contributed by atoms with Gasteiger partial charge in [-0.3, -0.25) is 4.98 Å². The molecule has 1 aromatic rings. The van der Waals surface area contributed by atoms with E-state index >= 15 is 0 Å². The second-order valence-electron chi connectivity index (χ2n) is 4.15. The molecule has 2 N–H and O–H groups in total. The van der Waals surface area contributed by atoms with E-state index in [1.54, 1.807) is 11.7 Å². The highest BCUT2D eigenvalue weighted by Crippen LogP contribution is 2.24. The van der Waals surface area contributed by atoms with Gasteiger partial charge in [0.05, 0.1) is 11.7 Å². The van der Waals surface area contributed by atoms with Crippen LogP contribution in [-0.4, -0.2) is 22.1 Å². The summed E-state index contributed by atoms with van der Waals surface area (Å²) in [5.74, 6) is -0.842. The topological polar surface area (TPSA) is 62.2 Å². The van der Waals surface area contributed by atoms with E-state index in [9.17, 15) is 4.79 Å². The van der Waals surface area contributed by atoms with Crippen molar-refractivity contribution in [1.82, 2.24) is 4.98 Å². The molecule has 14 heavy (non-hydrogen) atoms. The zero-order valence-corrected chi connectivity index (χ0v) is 9.26. The predicted molar refractivity (Wildman–Crippen MR) is 56.6 cm³/mol. The van der Waals surface area contributed by atoms with Crippen LogP contribution in [0, 0.1) is 5.41 Å². The molecule has 0 aliphatic heterocycles. The largest absolute Gasteiger partial charge is 0.480 e. The molecular weight excluding hydrogens is 200 g/mol. The maximum Gasteiger partial charge on any atom is 0.326 e. The molecule has 78 valence electrons. The third kappa shape index (κ3) is 2.70. The number of anilines is 1. The van der Waals surface area contributed by atoms with Crippen LogP contribution in [0.1, 0.15) is 20.8 Å². The lowest BCUT2D eigenvalue weighted by Gasteiger charge is -2.27. The summed E-state index contributed by atoms with van der Waals surface area (Å²) in [6.45, 7) is 5.67. The Kier molecular flexibility index (Phi) is 3.10. The van der Waals surface area contributed by atoms with Gasteiger partial charge in [0.2, 0.25) is 0 Å². The fourth-order valence-corrected chi connectivity index (χ4v) is 1.62. The Bertz CT molecular complexity index is 303. The number of rotatable bonds is 3. The molecule has 1 atom stereocenters. The molecule has 1 aromatic heterocycles. The van der Waals surface area contributed by atoms with E-state index in [0.29, 0.717) is 0 Å². The molecule has 0 saturated heterocycles. The molecule has 0 saturated carbocycles. The van der Waals surface area contributed by atoms with Gasteiger partial charge in [0.15, 0.2) is 0 Å². The van der Waals surface area contributed by atoms with Gasteiger partial charge in [-0.05, 0) is 5.41 Å². The summed E-state index contributed by atoms with van der Waals surface area (Å²) in [5.41, 5.74) is 1.35. The van der Waals surface area contributed by atoms with Crippen molar-refractivity contribution in [3.8, 4) is 0 Å². The van der Waals surface area contributed by atoms with Gasteiger partial charge in [-0.15, -0.1) is 11.3 Å². The van der Waals surface area contributed by atoms with Crippen LogP contribution >= 0.6 is 11.3 Å². The van der Waals surface area contributed by atoms with Crippen molar-refractivity contribution in [1.29, 1.82) is 0 Å². The van der Waals surface area contributed by atoms with Crippen molar-refractivity contribution in [3.05, 3.63) is 11.7 Å². The SMILES string of the molecule is CC(C)(C)[C@H](Nc1cncs1)C(=O)O. The van der Waals surface area contributed by atoms with Crippen LogP contribution in [0.25, 0.3) is 0 Å². The lowest BCUT2D eigenvalue weighted by molar-refractivity contribution is -0.140. The highest BCUT2D eigenvalue weighted by Gasteiger charge is 2.31. The van der Waals surface area contributed by atoms with Gasteiger partial charge in [0, 0.05) is 0 Å². The van der Waals surface area contributed by atoms with E-state index in [4.69, 9.17) is 5.11 Å². The number of nitrogens with zero attached hydrogens (tertiary/aromatic N) is 1. The summed E-state index contributed by atoms with van der Waals surface area (Å²) >= 11 is 1.40. The predicted octanol–water partition coefficient (Wildman–Crippen LogP) is 2.05. The minimum absolute atomic E-state index is 0.324. The fraction of sp³-hybridized carbons (Fsp3) is 0.556. The van der Waals surface area contributed by atoms with Gasteiger partial charge in [-0.1, -0.05) is 20.8 Å². The number of thiazole rings is 1. The summed E-state index contributed by atoms with van der Waals surface area (Å²) in [6.07, 6.45) is 1.63. The lowest BCUT2D eigenvalue weighted by Crippen LogP contribution is -2.40. The van der Waals surface area contributed by atoms with E-state index in [-0.39, 0.29) is 5.41 Å². The highest BCUT2D eigenvalue weighted by atomic mass is 32.1. The first-order valence-corrected chi connectivity index (χ1v) is 5.17. The first-order valence-electron chi connectivity index (χ1n) is 4.29. The number of carboxylic acids is 1. The van der Waals surface area contributed by atoms with E-state index in [1.807, 2.05) is 20.8 Å². The Morgan fingerprint density at radius 3 is 2.64 bits per heavy atom. The zero-order chi connectivity index (χ0) is 10.8. The third-order valence-corrected chi connectivity index (χ3v) is 2.54. The molecule has 0 aliphatic carbocycles. The van der Waals surface area contributed by atoms with Crippen LogP contribution < -0.4 is 5.32 Å². The standard InChI is InChI=1S/C9H14N2O2S/c1-9(2,3)7(8(12)13)11-6-4-10-5-14-6/h4-5,7,11H,1-3H3,(H,12,13)/t7-/m1/s1. The Labute approximate surface area is 87.0 Å². The van der Waals surface area contributed by atoms with Crippen LogP contribution in [0.4, 0.5) is 5.00 Å². The van der Waals surface area contributed by atoms with Gasteiger partial charge >= 0.3 is 5.97 Å². The van der Waals surface area contributed by atoms with Crippen molar-refractivity contribution in [2.75, 3.05) is 5.32 Å².